The van der Waals surface area contributed by atoms with E-state index in [4.69, 9.17) is 0 Å². The van der Waals surface area contributed by atoms with E-state index >= 15 is 0 Å². The summed E-state index contributed by atoms with van der Waals surface area (Å²) in [7, 11) is 1.93. The number of nitrogens with zero attached hydrogens (tertiary/aromatic N) is 2. The second-order valence-electron chi connectivity index (χ2n) is 8.75. The number of carbonyl (C=O) groups excluding carboxylic acids is 1. The van der Waals surface area contributed by atoms with E-state index in [-0.39, 0.29) is 23.2 Å². The molecule has 4 rings (SSSR count). The Morgan fingerprint density at radius 2 is 2.11 bits per heavy atom. The minimum atomic E-state index is -0.0256. The van der Waals surface area contributed by atoms with Crippen molar-refractivity contribution in [3.05, 3.63) is 53.3 Å². The third kappa shape index (κ3) is 3.86. The summed E-state index contributed by atoms with van der Waals surface area (Å²) in [4.78, 5) is 13.1. The molecule has 1 saturated heterocycles. The predicted molar refractivity (Wildman–Crippen MR) is 111 cm³/mol. The number of hydrogen-bond acceptors (Lipinski definition) is 3. The van der Waals surface area contributed by atoms with E-state index in [0.717, 1.165) is 38.0 Å². The van der Waals surface area contributed by atoms with Gasteiger partial charge in [-0.15, -0.1) is 0 Å². The fraction of sp³-hybridized carbons (Fsp3) is 0.565. The minimum absolute atomic E-state index is 0.0256. The number of nitrogens with one attached hydrogen (secondary N) is 2. The molecule has 150 valence electrons. The molecule has 0 spiro atoms. The molecule has 1 saturated carbocycles. The number of rotatable bonds is 5. The molecule has 1 amide bonds. The molecule has 1 aliphatic heterocycles. The first kappa shape index (κ1) is 19.2. The Kier molecular flexibility index (Phi) is 5.54. The molecule has 0 bridgehead atoms. The zero-order valence-electron chi connectivity index (χ0n) is 17.1. The molecule has 2 fully saturated rings. The topological polar surface area (TPSA) is 59.0 Å². The van der Waals surface area contributed by atoms with E-state index in [9.17, 15) is 4.79 Å². The van der Waals surface area contributed by atoms with Crippen molar-refractivity contribution in [2.45, 2.75) is 50.4 Å². The van der Waals surface area contributed by atoms with Crippen molar-refractivity contribution in [3.8, 4) is 0 Å². The molecule has 28 heavy (non-hydrogen) atoms. The normalized spacial score (nSPS) is 24.2. The summed E-state index contributed by atoms with van der Waals surface area (Å²) in [6, 6.07) is 8.87. The Labute approximate surface area is 167 Å². The van der Waals surface area contributed by atoms with Crippen molar-refractivity contribution in [2.24, 2.45) is 13.0 Å². The van der Waals surface area contributed by atoms with Gasteiger partial charge in [0.05, 0.1) is 12.1 Å². The summed E-state index contributed by atoms with van der Waals surface area (Å²) >= 11 is 0. The highest BCUT2D eigenvalue weighted by molar-refractivity contribution is 5.80. The third-order valence-electron chi connectivity index (χ3n) is 6.75. The van der Waals surface area contributed by atoms with E-state index in [2.05, 4.69) is 46.9 Å². The van der Waals surface area contributed by atoms with E-state index in [1.54, 1.807) is 0 Å². The van der Waals surface area contributed by atoms with Gasteiger partial charge in [0.15, 0.2) is 0 Å². The zero-order chi connectivity index (χ0) is 19.6. The maximum absolute atomic E-state index is 13.1. The Morgan fingerprint density at radius 1 is 1.29 bits per heavy atom. The summed E-state index contributed by atoms with van der Waals surface area (Å²) in [5.74, 6) is 0.355. The molecule has 5 heteroatoms. The highest BCUT2D eigenvalue weighted by Gasteiger charge is 2.38. The Balaban J connectivity index is 1.48. The molecule has 0 unspecified atom stereocenters. The standard InChI is InChI=1S/C23H32N4O/c1-17-7-6-8-19(11-17)23(9-4-3-5-10-23)16-25-22(28)21-14-24-13-20(21)18-12-26-27(2)15-18/h6-8,11-12,15,20-21,24H,3-5,9-10,13-14,16H2,1-2H3,(H,25,28)/t20-,21+/m1/s1. The van der Waals surface area contributed by atoms with Crippen molar-refractivity contribution in [2.75, 3.05) is 19.6 Å². The van der Waals surface area contributed by atoms with Crippen LogP contribution in [0.15, 0.2) is 36.7 Å². The average Bonchev–Trinajstić information content (AvgIpc) is 3.36. The van der Waals surface area contributed by atoms with Crippen molar-refractivity contribution in [3.63, 3.8) is 0 Å². The van der Waals surface area contributed by atoms with Gasteiger partial charge in [-0.2, -0.15) is 5.10 Å². The monoisotopic (exact) mass is 380 g/mol. The number of benzene rings is 1. The maximum Gasteiger partial charge on any atom is 0.225 e. The lowest BCUT2D eigenvalue weighted by molar-refractivity contribution is -0.125. The van der Waals surface area contributed by atoms with Gasteiger partial charge in [-0.3, -0.25) is 9.48 Å². The SMILES string of the molecule is Cc1cccc(C2(CNC(=O)[C@H]3CNC[C@@H]3c3cnn(C)c3)CCCCC2)c1. The smallest absolute Gasteiger partial charge is 0.225 e. The lowest BCUT2D eigenvalue weighted by Crippen LogP contribution is -2.45. The fourth-order valence-electron chi connectivity index (χ4n) is 5.09. The summed E-state index contributed by atoms with van der Waals surface area (Å²) in [5, 5.41) is 11.0. The largest absolute Gasteiger partial charge is 0.355 e. The number of carbonyl (C=O) groups is 1. The highest BCUT2D eigenvalue weighted by Crippen LogP contribution is 2.39. The van der Waals surface area contributed by atoms with E-state index in [1.807, 2.05) is 24.1 Å². The second-order valence-corrected chi connectivity index (χ2v) is 8.75. The number of amides is 1. The van der Waals surface area contributed by atoms with Crippen molar-refractivity contribution < 1.29 is 4.79 Å². The van der Waals surface area contributed by atoms with Gasteiger partial charge in [-0.1, -0.05) is 49.1 Å². The Hall–Kier alpha value is -2.14. The number of hydrogen-bond donors (Lipinski definition) is 2. The van der Waals surface area contributed by atoms with E-state index in [1.165, 1.54) is 30.4 Å². The molecule has 1 aromatic carbocycles. The van der Waals surface area contributed by atoms with E-state index < -0.39 is 0 Å². The number of aryl methyl sites for hydroxylation is 2. The summed E-state index contributed by atoms with van der Waals surface area (Å²) in [5.41, 5.74) is 3.92. The van der Waals surface area contributed by atoms with Gasteiger partial charge in [0.1, 0.15) is 0 Å². The summed E-state index contributed by atoms with van der Waals surface area (Å²) in [6.07, 6.45) is 10.0. The van der Waals surface area contributed by atoms with Crippen molar-refractivity contribution >= 4 is 5.91 Å². The van der Waals surface area contributed by atoms with Crippen molar-refractivity contribution in [1.82, 2.24) is 20.4 Å². The summed E-state index contributed by atoms with van der Waals surface area (Å²) < 4.78 is 1.82. The van der Waals surface area contributed by atoms with Crippen molar-refractivity contribution in [1.29, 1.82) is 0 Å². The first-order chi connectivity index (χ1) is 13.6. The quantitative estimate of drug-likeness (QED) is 0.838. The van der Waals surface area contributed by atoms with E-state index in [0.29, 0.717) is 0 Å². The molecule has 5 nitrogen and oxygen atoms in total. The molecule has 2 N–H and O–H groups in total. The van der Waals surface area contributed by atoms with Crippen LogP contribution in [0, 0.1) is 12.8 Å². The van der Waals surface area contributed by atoms with Crippen LogP contribution in [-0.4, -0.2) is 35.3 Å². The highest BCUT2D eigenvalue weighted by atomic mass is 16.1. The van der Waals surface area contributed by atoms with Gasteiger partial charge in [0.25, 0.3) is 0 Å². The van der Waals surface area contributed by atoms with Crippen LogP contribution >= 0.6 is 0 Å². The average molecular weight is 381 g/mol. The Bertz CT molecular complexity index is 822. The number of aromatic nitrogens is 2. The van der Waals surface area contributed by atoms with Gasteiger partial charge < -0.3 is 10.6 Å². The predicted octanol–water partition coefficient (Wildman–Crippen LogP) is 3.05. The summed E-state index contributed by atoms with van der Waals surface area (Å²) in [6.45, 7) is 4.47. The molecule has 0 radical (unpaired) electrons. The lowest BCUT2D eigenvalue weighted by Gasteiger charge is -2.38. The zero-order valence-corrected chi connectivity index (χ0v) is 17.1. The molecule has 2 aliphatic rings. The third-order valence-corrected chi connectivity index (χ3v) is 6.75. The van der Waals surface area contributed by atoms with Crippen LogP contribution in [0.5, 0.6) is 0 Å². The van der Waals surface area contributed by atoms with Gasteiger partial charge in [-0.05, 0) is 30.9 Å². The van der Waals surface area contributed by atoms with Gasteiger partial charge in [0.2, 0.25) is 5.91 Å². The van der Waals surface area contributed by atoms with Crippen LogP contribution < -0.4 is 10.6 Å². The minimum Gasteiger partial charge on any atom is -0.355 e. The van der Waals surface area contributed by atoms with Gasteiger partial charge in [0, 0.05) is 44.2 Å². The van der Waals surface area contributed by atoms with Crippen LogP contribution in [0.25, 0.3) is 0 Å². The molecule has 2 aromatic rings. The maximum atomic E-state index is 13.1. The Morgan fingerprint density at radius 3 is 2.82 bits per heavy atom. The first-order valence-electron chi connectivity index (χ1n) is 10.6. The van der Waals surface area contributed by atoms with Gasteiger partial charge >= 0.3 is 0 Å². The molecule has 1 aliphatic carbocycles. The molecular formula is C23H32N4O. The molecule has 2 atom stereocenters. The van der Waals surface area contributed by atoms with Crippen LogP contribution in [0.1, 0.15) is 54.7 Å². The molecule has 2 heterocycles. The first-order valence-corrected chi connectivity index (χ1v) is 10.6. The van der Waals surface area contributed by atoms with Gasteiger partial charge in [-0.25, -0.2) is 0 Å². The van der Waals surface area contributed by atoms with Crippen LogP contribution in [-0.2, 0) is 17.3 Å². The van der Waals surface area contributed by atoms with Crippen LogP contribution in [0.4, 0.5) is 0 Å². The van der Waals surface area contributed by atoms with Crippen LogP contribution in [0.2, 0.25) is 0 Å². The van der Waals surface area contributed by atoms with Crippen LogP contribution in [0.3, 0.4) is 0 Å². The molecule has 1 aromatic heterocycles. The lowest BCUT2D eigenvalue weighted by atomic mass is 9.69. The second kappa shape index (κ2) is 8.08. The fourth-order valence-corrected chi connectivity index (χ4v) is 5.09. The molecular weight excluding hydrogens is 348 g/mol.